The molecule has 21 heavy (non-hydrogen) atoms. The minimum absolute atomic E-state index is 0.322. The molecule has 0 spiro atoms. The Bertz CT molecular complexity index is 880. The molecule has 0 unspecified atom stereocenters. The van der Waals surface area contributed by atoms with Crippen LogP contribution in [-0.4, -0.2) is 24.1 Å². The van der Waals surface area contributed by atoms with Crippen molar-refractivity contribution in [1.29, 1.82) is 0 Å². The Morgan fingerprint density at radius 3 is 2.71 bits per heavy atom. The number of hydrogen-bond acceptors (Lipinski definition) is 3. The van der Waals surface area contributed by atoms with E-state index in [1.165, 1.54) is 30.2 Å². The van der Waals surface area contributed by atoms with E-state index in [0.29, 0.717) is 19.3 Å². The molecule has 2 aromatic heterocycles. The number of nitrogen functional groups attached to an aromatic ring is 1. The Kier molecular flexibility index (Phi) is 3.21. The Hall–Kier alpha value is -1.42. The number of hydrogen-bond donors (Lipinski definition) is 1. The number of nitrogens with two attached hydrogens (primary N) is 1. The van der Waals surface area contributed by atoms with Crippen molar-refractivity contribution in [1.82, 2.24) is 9.55 Å². The molecule has 0 amide bonds. The predicted octanol–water partition coefficient (Wildman–Crippen LogP) is 3.27. The maximum absolute atomic E-state index is 6.51. The van der Waals surface area contributed by atoms with Gasteiger partial charge in [-0.1, -0.05) is 0 Å². The molecule has 2 N–H and O–H groups in total. The van der Waals surface area contributed by atoms with Crippen LogP contribution in [0.4, 0.5) is 5.82 Å². The molecular formula is C16H15N3SSe. The Labute approximate surface area is 134 Å². The van der Waals surface area contributed by atoms with Crippen LogP contribution in [-0.2, 0) is 12.8 Å². The van der Waals surface area contributed by atoms with Gasteiger partial charge in [-0.3, -0.25) is 0 Å². The first kappa shape index (κ1) is 13.3. The molecule has 106 valence electrons. The van der Waals surface area contributed by atoms with E-state index < -0.39 is 0 Å². The van der Waals surface area contributed by atoms with Crippen LogP contribution < -0.4 is 5.73 Å². The van der Waals surface area contributed by atoms with Crippen LogP contribution in [0.1, 0.15) is 22.8 Å². The number of benzene rings is 1. The molecule has 0 bridgehead atoms. The van der Waals surface area contributed by atoms with Crippen molar-refractivity contribution >= 4 is 42.3 Å². The van der Waals surface area contributed by atoms with E-state index >= 15 is 0 Å². The van der Waals surface area contributed by atoms with Crippen molar-refractivity contribution in [3.05, 3.63) is 45.1 Å². The average molecular weight is 360 g/mol. The number of rotatable bonds is 1. The second-order valence-corrected chi connectivity index (χ2v) is 7.98. The molecule has 0 aliphatic heterocycles. The van der Waals surface area contributed by atoms with Crippen LogP contribution in [0.3, 0.4) is 0 Å². The van der Waals surface area contributed by atoms with Gasteiger partial charge in [0, 0.05) is 0 Å². The summed E-state index contributed by atoms with van der Waals surface area (Å²) in [5.41, 5.74) is 8.96. The summed E-state index contributed by atoms with van der Waals surface area (Å²) in [6.45, 7) is 0. The second kappa shape index (κ2) is 5.09. The molecule has 1 aliphatic rings. The predicted molar refractivity (Wildman–Crippen MR) is 89.9 cm³/mol. The first-order chi connectivity index (χ1) is 10.3. The zero-order chi connectivity index (χ0) is 14.4. The van der Waals surface area contributed by atoms with Crippen molar-refractivity contribution in [2.24, 2.45) is 0 Å². The fourth-order valence-electron chi connectivity index (χ4n) is 3.07. The third-order valence-electron chi connectivity index (χ3n) is 4.05. The van der Waals surface area contributed by atoms with Crippen LogP contribution in [0.15, 0.2) is 30.3 Å². The van der Waals surface area contributed by atoms with Gasteiger partial charge in [-0.15, -0.1) is 0 Å². The van der Waals surface area contributed by atoms with E-state index in [1.54, 1.807) is 4.44 Å². The van der Waals surface area contributed by atoms with Crippen molar-refractivity contribution < 1.29 is 0 Å². The molecule has 0 saturated carbocycles. The van der Waals surface area contributed by atoms with E-state index in [-0.39, 0.29) is 0 Å². The molecule has 0 fully saturated rings. The third kappa shape index (κ3) is 2.08. The number of aryl methyl sites for hydroxylation is 2. The standard InChI is InChI=1S/C16H15N3SSe/c17-14-13-11-8-4-5-9-12(11)21-15(13)18-16(20)19(14)10-6-2-1-3-7-10/h1-3,6-7H,4-5,8-9,17H2. The van der Waals surface area contributed by atoms with Gasteiger partial charge in [0.2, 0.25) is 0 Å². The number of nitrogens with zero attached hydrogens (tertiary/aromatic N) is 2. The summed E-state index contributed by atoms with van der Waals surface area (Å²) in [6, 6.07) is 10.0. The van der Waals surface area contributed by atoms with Crippen LogP contribution >= 0.6 is 12.2 Å². The molecule has 2 heterocycles. The molecule has 0 radical (unpaired) electrons. The molecule has 1 aliphatic carbocycles. The topological polar surface area (TPSA) is 43.8 Å². The third-order valence-corrected chi connectivity index (χ3v) is 6.81. The van der Waals surface area contributed by atoms with Crippen molar-refractivity contribution in [3.63, 3.8) is 0 Å². The van der Waals surface area contributed by atoms with Gasteiger partial charge in [0.1, 0.15) is 0 Å². The molecule has 3 aromatic rings. The summed E-state index contributed by atoms with van der Waals surface area (Å²) in [5, 5.41) is 1.18. The summed E-state index contributed by atoms with van der Waals surface area (Å²) < 4.78 is 5.21. The number of fused-ring (bicyclic) bond motifs is 3. The normalized spacial score (nSPS) is 14.3. The fourth-order valence-corrected chi connectivity index (χ4v) is 6.16. The van der Waals surface area contributed by atoms with Gasteiger partial charge in [-0.05, 0) is 0 Å². The zero-order valence-electron chi connectivity index (χ0n) is 11.5. The Morgan fingerprint density at radius 2 is 1.90 bits per heavy atom. The monoisotopic (exact) mass is 361 g/mol. The van der Waals surface area contributed by atoms with E-state index in [0.717, 1.165) is 22.3 Å². The summed E-state index contributed by atoms with van der Waals surface area (Å²) in [5.74, 6) is 0.768. The molecule has 0 saturated heterocycles. The quantitative estimate of drug-likeness (QED) is 0.535. The molecular weight excluding hydrogens is 345 g/mol. The van der Waals surface area contributed by atoms with E-state index in [4.69, 9.17) is 22.9 Å². The van der Waals surface area contributed by atoms with E-state index in [2.05, 4.69) is 0 Å². The molecule has 5 heteroatoms. The Morgan fingerprint density at radius 1 is 1.14 bits per heavy atom. The van der Waals surface area contributed by atoms with Gasteiger partial charge in [0.15, 0.2) is 0 Å². The molecule has 4 rings (SSSR count). The maximum atomic E-state index is 6.51. The van der Waals surface area contributed by atoms with Gasteiger partial charge < -0.3 is 0 Å². The minimum atomic E-state index is 0.322. The molecule has 1 aromatic carbocycles. The Balaban J connectivity index is 2.07. The van der Waals surface area contributed by atoms with Crippen LogP contribution in [0.25, 0.3) is 15.5 Å². The van der Waals surface area contributed by atoms with Crippen molar-refractivity contribution in [2.45, 2.75) is 25.7 Å². The van der Waals surface area contributed by atoms with Gasteiger partial charge >= 0.3 is 134 Å². The van der Waals surface area contributed by atoms with Crippen LogP contribution in [0.2, 0.25) is 0 Å². The van der Waals surface area contributed by atoms with Gasteiger partial charge in [-0.25, -0.2) is 0 Å². The van der Waals surface area contributed by atoms with Gasteiger partial charge in [0.25, 0.3) is 0 Å². The number of para-hydroxylation sites is 1. The average Bonchev–Trinajstić information content (AvgIpc) is 2.86. The summed E-state index contributed by atoms with van der Waals surface area (Å²) >= 11 is 5.81. The number of anilines is 1. The first-order valence-electron chi connectivity index (χ1n) is 7.14. The fraction of sp³-hybridized carbons (Fsp3) is 0.250. The van der Waals surface area contributed by atoms with Crippen molar-refractivity contribution in [3.8, 4) is 5.69 Å². The summed E-state index contributed by atoms with van der Waals surface area (Å²) in [6.07, 6.45) is 4.91. The van der Waals surface area contributed by atoms with Gasteiger partial charge in [0.05, 0.1) is 0 Å². The number of aromatic nitrogens is 2. The van der Waals surface area contributed by atoms with Crippen LogP contribution in [0, 0.1) is 4.77 Å². The van der Waals surface area contributed by atoms with Gasteiger partial charge in [-0.2, -0.15) is 0 Å². The SMILES string of the molecule is Nc1c2c3c([se]c2nc(=S)n1-c1ccccc1)CCCC3. The molecule has 0 atom stereocenters. The summed E-state index contributed by atoms with van der Waals surface area (Å²) in [4.78, 5) is 4.70. The zero-order valence-corrected chi connectivity index (χ0v) is 14.0. The van der Waals surface area contributed by atoms with E-state index in [1.807, 2.05) is 34.9 Å². The van der Waals surface area contributed by atoms with Crippen LogP contribution in [0.5, 0.6) is 0 Å². The second-order valence-electron chi connectivity index (χ2n) is 5.34. The summed E-state index contributed by atoms with van der Waals surface area (Å²) in [7, 11) is 0. The first-order valence-corrected chi connectivity index (χ1v) is 9.26. The van der Waals surface area contributed by atoms with E-state index in [9.17, 15) is 0 Å². The molecule has 3 nitrogen and oxygen atoms in total. The van der Waals surface area contributed by atoms with Crippen molar-refractivity contribution in [2.75, 3.05) is 5.73 Å².